The van der Waals surface area contributed by atoms with Gasteiger partial charge in [-0.05, 0) is 27.2 Å². The normalized spacial score (nSPS) is 13.0. The molecule has 0 aromatic carbocycles. The third-order valence-corrected chi connectivity index (χ3v) is 2.77. The quantitative estimate of drug-likeness (QED) is 0.457. The van der Waals surface area contributed by atoms with E-state index in [0.29, 0.717) is 26.4 Å². The predicted octanol–water partition coefficient (Wildman–Crippen LogP) is 1.44. The molecule has 5 heteroatoms. The van der Waals surface area contributed by atoms with E-state index in [1.807, 2.05) is 18.7 Å². The van der Waals surface area contributed by atoms with E-state index in [-0.39, 0.29) is 18.6 Å². The summed E-state index contributed by atoms with van der Waals surface area (Å²) in [5, 5.41) is 9.89. The smallest absolute Gasteiger partial charge is 0.320 e. The van der Waals surface area contributed by atoms with Crippen LogP contribution in [0.1, 0.15) is 40.5 Å². The molecule has 5 nitrogen and oxygen atoms in total. The first kappa shape index (κ1) is 18.4. The van der Waals surface area contributed by atoms with Gasteiger partial charge >= 0.3 is 5.97 Å². The Morgan fingerprint density at radius 2 is 2.00 bits per heavy atom. The van der Waals surface area contributed by atoms with Crippen LogP contribution in [0.3, 0.4) is 0 Å². The summed E-state index contributed by atoms with van der Waals surface area (Å²) in [6, 6.07) is 0.176. The molecule has 0 saturated heterocycles. The van der Waals surface area contributed by atoms with E-state index in [2.05, 4.69) is 6.92 Å². The van der Waals surface area contributed by atoms with Crippen LogP contribution in [0, 0.1) is 0 Å². The molecule has 0 rings (SSSR count). The minimum absolute atomic E-state index is 0.176. The number of ether oxygens (including phenoxy) is 2. The number of carbonyl (C=O) groups is 1. The first-order valence-electron chi connectivity index (χ1n) is 7.16. The number of hydrogen-bond acceptors (Lipinski definition) is 5. The van der Waals surface area contributed by atoms with Gasteiger partial charge in [0.15, 0.2) is 0 Å². The van der Waals surface area contributed by atoms with E-state index in [1.54, 1.807) is 6.92 Å². The second kappa shape index (κ2) is 11.2. The zero-order valence-corrected chi connectivity index (χ0v) is 12.7. The van der Waals surface area contributed by atoms with Crippen LogP contribution in [0.25, 0.3) is 0 Å². The van der Waals surface area contributed by atoms with Crippen molar-refractivity contribution in [2.75, 3.05) is 32.9 Å². The lowest BCUT2D eigenvalue weighted by Crippen LogP contribution is -2.42. The molecule has 0 aliphatic carbocycles. The molecule has 114 valence electrons. The minimum Gasteiger partial charge on any atom is -0.465 e. The lowest BCUT2D eigenvalue weighted by molar-refractivity contribution is -0.145. The highest BCUT2D eigenvalue weighted by Crippen LogP contribution is 2.02. The Morgan fingerprint density at radius 3 is 2.53 bits per heavy atom. The molecular weight excluding hydrogens is 246 g/mol. The molecule has 0 aliphatic rings. The fourth-order valence-electron chi connectivity index (χ4n) is 1.62. The van der Waals surface area contributed by atoms with Crippen LogP contribution in [-0.4, -0.2) is 61.0 Å². The van der Waals surface area contributed by atoms with Crippen molar-refractivity contribution < 1.29 is 19.4 Å². The molecule has 0 fully saturated rings. The summed E-state index contributed by atoms with van der Waals surface area (Å²) in [5.74, 6) is -0.254. The molecule has 0 spiro atoms. The molecule has 1 N–H and O–H groups in total. The minimum atomic E-state index is -0.575. The number of rotatable bonds is 11. The van der Waals surface area contributed by atoms with Gasteiger partial charge in [-0.15, -0.1) is 0 Å². The topological polar surface area (TPSA) is 59.0 Å². The Bertz CT molecular complexity index is 233. The summed E-state index contributed by atoms with van der Waals surface area (Å²) >= 11 is 0. The molecule has 1 atom stereocenters. The van der Waals surface area contributed by atoms with E-state index in [1.165, 1.54) is 0 Å². The summed E-state index contributed by atoms with van der Waals surface area (Å²) in [7, 11) is 0. The van der Waals surface area contributed by atoms with Gasteiger partial charge in [0.2, 0.25) is 0 Å². The average Bonchev–Trinajstić information content (AvgIpc) is 2.34. The van der Waals surface area contributed by atoms with Crippen LogP contribution < -0.4 is 0 Å². The highest BCUT2D eigenvalue weighted by Gasteiger charge is 2.18. The van der Waals surface area contributed by atoms with Crippen LogP contribution in [0.15, 0.2) is 0 Å². The van der Waals surface area contributed by atoms with Crippen LogP contribution in [0.2, 0.25) is 0 Å². The summed E-state index contributed by atoms with van der Waals surface area (Å²) in [6.07, 6.45) is 1.51. The first-order valence-corrected chi connectivity index (χ1v) is 7.16. The van der Waals surface area contributed by atoms with Crippen LogP contribution >= 0.6 is 0 Å². The Kier molecular flexibility index (Phi) is 10.8. The Morgan fingerprint density at radius 1 is 1.32 bits per heavy atom. The van der Waals surface area contributed by atoms with Crippen molar-refractivity contribution >= 4 is 5.97 Å². The zero-order valence-electron chi connectivity index (χ0n) is 12.7. The van der Waals surface area contributed by atoms with E-state index in [4.69, 9.17) is 9.47 Å². The molecule has 0 aromatic heterocycles. The van der Waals surface area contributed by atoms with Gasteiger partial charge < -0.3 is 14.6 Å². The molecular formula is C14H29NO4. The van der Waals surface area contributed by atoms with Crippen molar-refractivity contribution in [1.82, 2.24) is 4.90 Å². The second-order valence-corrected chi connectivity index (χ2v) is 4.91. The summed E-state index contributed by atoms with van der Waals surface area (Å²) in [4.78, 5) is 13.4. The number of aliphatic hydroxyl groups excluding tert-OH is 1. The predicted molar refractivity (Wildman–Crippen MR) is 75.1 cm³/mol. The Balaban J connectivity index is 4.01. The number of carbonyl (C=O) groups excluding carboxylic acids is 1. The van der Waals surface area contributed by atoms with Crippen molar-refractivity contribution in [1.29, 1.82) is 0 Å². The molecule has 0 heterocycles. The average molecular weight is 275 g/mol. The van der Waals surface area contributed by atoms with Crippen molar-refractivity contribution in [3.05, 3.63) is 0 Å². The number of unbranched alkanes of at least 4 members (excludes halogenated alkanes) is 1. The maximum absolute atomic E-state index is 11.5. The largest absolute Gasteiger partial charge is 0.465 e. The molecule has 1 unspecified atom stereocenters. The second-order valence-electron chi connectivity index (χ2n) is 4.91. The van der Waals surface area contributed by atoms with E-state index < -0.39 is 6.10 Å². The zero-order chi connectivity index (χ0) is 14.7. The number of aliphatic hydroxyl groups is 1. The molecule has 0 amide bonds. The fourth-order valence-corrected chi connectivity index (χ4v) is 1.62. The van der Waals surface area contributed by atoms with Gasteiger partial charge in [-0.3, -0.25) is 9.69 Å². The van der Waals surface area contributed by atoms with Crippen molar-refractivity contribution in [2.45, 2.75) is 52.7 Å². The first-order chi connectivity index (χ1) is 9.01. The number of hydrogen-bond donors (Lipinski definition) is 1. The number of esters is 1. The maximum atomic E-state index is 11.5. The van der Waals surface area contributed by atoms with E-state index >= 15 is 0 Å². The fraction of sp³-hybridized carbons (Fsp3) is 0.929. The Labute approximate surface area is 116 Å². The van der Waals surface area contributed by atoms with Gasteiger partial charge in [-0.2, -0.15) is 0 Å². The molecule has 0 aliphatic heterocycles. The molecule has 0 aromatic rings. The summed E-state index contributed by atoms with van der Waals surface area (Å²) in [6.45, 7) is 9.86. The standard InChI is InChI=1S/C14H29NO4/c1-5-7-8-18-11-13(16)9-15(12(3)4)10-14(17)19-6-2/h12-13,16H,5-11H2,1-4H3. The molecule has 19 heavy (non-hydrogen) atoms. The van der Waals surface area contributed by atoms with Gasteiger partial charge in [-0.1, -0.05) is 13.3 Å². The highest BCUT2D eigenvalue weighted by atomic mass is 16.5. The lowest BCUT2D eigenvalue weighted by atomic mass is 10.2. The maximum Gasteiger partial charge on any atom is 0.320 e. The van der Waals surface area contributed by atoms with Crippen LogP contribution in [-0.2, 0) is 14.3 Å². The van der Waals surface area contributed by atoms with Gasteiger partial charge in [-0.25, -0.2) is 0 Å². The summed E-state index contributed by atoms with van der Waals surface area (Å²) in [5.41, 5.74) is 0. The monoisotopic (exact) mass is 275 g/mol. The third-order valence-electron chi connectivity index (χ3n) is 2.77. The van der Waals surface area contributed by atoms with Gasteiger partial charge in [0, 0.05) is 19.2 Å². The lowest BCUT2D eigenvalue weighted by Gasteiger charge is -2.27. The van der Waals surface area contributed by atoms with E-state index in [0.717, 1.165) is 12.8 Å². The molecule has 0 radical (unpaired) electrons. The van der Waals surface area contributed by atoms with Gasteiger partial charge in [0.25, 0.3) is 0 Å². The van der Waals surface area contributed by atoms with Gasteiger partial charge in [0.1, 0.15) is 0 Å². The SMILES string of the molecule is CCCCOCC(O)CN(CC(=O)OCC)C(C)C. The van der Waals surface area contributed by atoms with Crippen LogP contribution in [0.5, 0.6) is 0 Å². The molecule has 0 saturated carbocycles. The summed E-state index contributed by atoms with van der Waals surface area (Å²) < 4.78 is 10.3. The van der Waals surface area contributed by atoms with Crippen LogP contribution in [0.4, 0.5) is 0 Å². The number of nitrogens with zero attached hydrogens (tertiary/aromatic N) is 1. The highest BCUT2D eigenvalue weighted by molar-refractivity contribution is 5.71. The van der Waals surface area contributed by atoms with E-state index in [9.17, 15) is 9.90 Å². The third kappa shape index (κ3) is 9.87. The van der Waals surface area contributed by atoms with Crippen molar-refractivity contribution in [2.24, 2.45) is 0 Å². The molecule has 0 bridgehead atoms. The van der Waals surface area contributed by atoms with Gasteiger partial charge in [0.05, 0.1) is 25.9 Å². The Hall–Kier alpha value is -0.650. The van der Waals surface area contributed by atoms with Crippen molar-refractivity contribution in [3.63, 3.8) is 0 Å². The van der Waals surface area contributed by atoms with Crippen molar-refractivity contribution in [3.8, 4) is 0 Å².